The summed E-state index contributed by atoms with van der Waals surface area (Å²) in [7, 11) is 0. The molecule has 6 heteroatoms. The molecule has 1 rings (SSSR count). The lowest BCUT2D eigenvalue weighted by molar-refractivity contribution is -0.427. The third-order valence-corrected chi connectivity index (χ3v) is 1.95. The normalized spacial score (nSPS) is 14.4. The van der Waals surface area contributed by atoms with Crippen LogP contribution < -0.4 is 0 Å². The minimum Gasteiger partial charge on any atom is -0.414 e. The van der Waals surface area contributed by atoms with Crippen molar-refractivity contribution in [3.8, 4) is 0 Å². The van der Waals surface area contributed by atoms with Gasteiger partial charge in [-0.05, 0) is 23.7 Å². The first kappa shape index (κ1) is 10.6. The summed E-state index contributed by atoms with van der Waals surface area (Å²) in [5.41, 5.74) is 4.76. The van der Waals surface area contributed by atoms with Gasteiger partial charge in [0.1, 0.15) is 0 Å². The minimum absolute atomic E-state index is 0.0334. The molecule has 0 saturated heterocycles. The molecule has 0 amide bonds. The number of allylic oxidation sites excluding steroid dienone is 2. The van der Waals surface area contributed by atoms with Gasteiger partial charge in [-0.3, -0.25) is 10.1 Å². The van der Waals surface area contributed by atoms with E-state index in [-0.39, 0.29) is 12.1 Å². The SMILES string of the molecule is CSC(=O)OC1=C=C=C([N+](=O)[O-])CC1. The van der Waals surface area contributed by atoms with Crippen LogP contribution in [0.3, 0.4) is 0 Å². The van der Waals surface area contributed by atoms with Gasteiger partial charge in [-0.15, -0.1) is 0 Å². The fourth-order valence-corrected chi connectivity index (χ4v) is 1.04. The van der Waals surface area contributed by atoms with E-state index in [1.54, 1.807) is 6.26 Å². The average molecular weight is 213 g/mol. The van der Waals surface area contributed by atoms with E-state index in [2.05, 4.69) is 11.5 Å². The summed E-state index contributed by atoms with van der Waals surface area (Å²) in [5.74, 6) is 0.301. The Bertz CT molecular complexity index is 375. The second-order valence-corrected chi connectivity index (χ2v) is 3.17. The van der Waals surface area contributed by atoms with Gasteiger partial charge < -0.3 is 4.74 Å². The zero-order valence-corrected chi connectivity index (χ0v) is 8.22. The molecule has 0 unspecified atom stereocenters. The summed E-state index contributed by atoms with van der Waals surface area (Å²) in [6, 6.07) is 0. The van der Waals surface area contributed by atoms with Crippen LogP contribution >= 0.6 is 11.8 Å². The number of carbonyl (C=O) groups is 1. The monoisotopic (exact) mass is 213 g/mol. The predicted octanol–water partition coefficient (Wildman–Crippen LogP) is 2.08. The number of rotatable bonds is 2. The summed E-state index contributed by atoms with van der Waals surface area (Å²) in [5, 5.41) is 9.84. The van der Waals surface area contributed by atoms with Crippen molar-refractivity contribution in [1.82, 2.24) is 0 Å². The molecule has 0 saturated carbocycles. The van der Waals surface area contributed by atoms with Crippen molar-refractivity contribution in [2.24, 2.45) is 0 Å². The Morgan fingerprint density at radius 1 is 1.57 bits per heavy atom. The van der Waals surface area contributed by atoms with Gasteiger partial charge in [0.15, 0.2) is 5.76 Å². The topological polar surface area (TPSA) is 69.4 Å². The second-order valence-electron chi connectivity index (χ2n) is 2.43. The molecule has 0 radical (unpaired) electrons. The van der Waals surface area contributed by atoms with Crippen molar-refractivity contribution < 1.29 is 14.5 Å². The van der Waals surface area contributed by atoms with Crippen molar-refractivity contribution in [3.05, 3.63) is 33.0 Å². The Morgan fingerprint density at radius 3 is 2.71 bits per heavy atom. The van der Waals surface area contributed by atoms with Crippen molar-refractivity contribution in [1.29, 1.82) is 0 Å². The average Bonchev–Trinajstić information content (AvgIpc) is 2.18. The van der Waals surface area contributed by atoms with Gasteiger partial charge >= 0.3 is 5.30 Å². The van der Waals surface area contributed by atoms with Crippen LogP contribution in [0.5, 0.6) is 0 Å². The van der Waals surface area contributed by atoms with Gasteiger partial charge in [-0.25, -0.2) is 4.79 Å². The van der Waals surface area contributed by atoms with Crippen LogP contribution in [0.1, 0.15) is 12.8 Å². The third kappa shape index (κ3) is 2.78. The lowest BCUT2D eigenvalue weighted by Gasteiger charge is -2.04. The number of nitro groups is 1. The zero-order chi connectivity index (χ0) is 10.6. The maximum absolute atomic E-state index is 10.8. The minimum atomic E-state index is -0.514. The second kappa shape index (κ2) is 4.67. The molecule has 0 bridgehead atoms. The van der Waals surface area contributed by atoms with E-state index in [0.29, 0.717) is 12.2 Å². The van der Waals surface area contributed by atoms with Crippen molar-refractivity contribution >= 4 is 17.1 Å². The summed E-state index contributed by atoms with van der Waals surface area (Å²) in [6.07, 6.45) is 2.13. The van der Waals surface area contributed by atoms with Gasteiger partial charge in [-0.2, -0.15) is 0 Å². The standard InChI is InChI=1S/C8H7NO4S/c1-14-8(10)13-7-4-2-6(3-5-7)9(11)12/h2,4H2,1H3. The molecule has 1 aliphatic rings. The smallest absolute Gasteiger partial charge is 0.372 e. The molecule has 0 aliphatic heterocycles. The maximum atomic E-state index is 10.8. The fraction of sp³-hybridized carbons (Fsp3) is 0.375. The van der Waals surface area contributed by atoms with E-state index in [1.807, 2.05) is 0 Å². The van der Waals surface area contributed by atoms with E-state index in [4.69, 9.17) is 4.74 Å². The number of carbonyl (C=O) groups excluding carboxylic acids is 1. The Morgan fingerprint density at radius 2 is 2.29 bits per heavy atom. The number of nitrogens with zero attached hydrogens (tertiary/aromatic N) is 1. The van der Waals surface area contributed by atoms with E-state index in [1.165, 1.54) is 0 Å². The molecule has 0 atom stereocenters. The number of hydrogen-bond acceptors (Lipinski definition) is 5. The summed E-state index contributed by atoms with van der Waals surface area (Å²) in [4.78, 5) is 20.6. The van der Waals surface area contributed by atoms with Crippen molar-refractivity contribution in [2.75, 3.05) is 6.26 Å². The molecule has 0 fully saturated rings. The van der Waals surface area contributed by atoms with Crippen LogP contribution in [0, 0.1) is 10.1 Å². The van der Waals surface area contributed by atoms with E-state index in [0.717, 1.165) is 11.8 Å². The predicted molar refractivity (Wildman–Crippen MR) is 50.3 cm³/mol. The highest BCUT2D eigenvalue weighted by Gasteiger charge is 2.16. The van der Waals surface area contributed by atoms with Crippen LogP contribution in [0.4, 0.5) is 4.79 Å². The highest BCUT2D eigenvalue weighted by molar-refractivity contribution is 8.12. The van der Waals surface area contributed by atoms with Crippen molar-refractivity contribution in [3.63, 3.8) is 0 Å². The Kier molecular flexibility index (Phi) is 3.54. The van der Waals surface area contributed by atoms with Gasteiger partial charge in [0.25, 0.3) is 5.70 Å². The van der Waals surface area contributed by atoms with Gasteiger partial charge in [0.2, 0.25) is 0 Å². The quantitative estimate of drug-likeness (QED) is 0.304. The summed E-state index contributed by atoms with van der Waals surface area (Å²) in [6.45, 7) is 0. The lowest BCUT2D eigenvalue weighted by Crippen LogP contribution is -2.03. The molecule has 0 heterocycles. The third-order valence-electron chi connectivity index (χ3n) is 1.53. The maximum Gasteiger partial charge on any atom is 0.372 e. The largest absolute Gasteiger partial charge is 0.414 e. The molecule has 5 nitrogen and oxygen atoms in total. The molecular formula is C8H7NO4S. The van der Waals surface area contributed by atoms with E-state index >= 15 is 0 Å². The number of hydrogen-bond donors (Lipinski definition) is 0. The first-order valence-corrected chi connectivity index (χ1v) is 5.00. The highest BCUT2D eigenvalue weighted by atomic mass is 32.2. The molecule has 0 aromatic rings. The summed E-state index contributed by atoms with van der Waals surface area (Å²) >= 11 is 0.935. The number of thioether (sulfide) groups is 1. The molecule has 74 valence electrons. The fourth-order valence-electron chi connectivity index (χ4n) is 0.855. The van der Waals surface area contributed by atoms with Gasteiger partial charge in [-0.1, -0.05) is 0 Å². The van der Waals surface area contributed by atoms with Crippen LogP contribution in [0.2, 0.25) is 0 Å². The van der Waals surface area contributed by atoms with Crippen LogP contribution in [-0.2, 0) is 4.74 Å². The van der Waals surface area contributed by atoms with Crippen LogP contribution in [0.15, 0.2) is 22.9 Å². The van der Waals surface area contributed by atoms with Crippen molar-refractivity contribution in [2.45, 2.75) is 12.8 Å². The Balaban J connectivity index is 2.80. The lowest BCUT2D eigenvalue weighted by atomic mass is 10.2. The highest BCUT2D eigenvalue weighted by Crippen LogP contribution is 2.17. The first-order chi connectivity index (χ1) is 6.63. The molecule has 0 N–H and O–H groups in total. The van der Waals surface area contributed by atoms with E-state index in [9.17, 15) is 14.9 Å². The van der Waals surface area contributed by atoms with Gasteiger partial charge in [0.05, 0.1) is 11.3 Å². The zero-order valence-electron chi connectivity index (χ0n) is 7.40. The summed E-state index contributed by atoms with van der Waals surface area (Å²) < 4.78 is 4.80. The van der Waals surface area contributed by atoms with Crippen LogP contribution in [0.25, 0.3) is 0 Å². The molecule has 0 aromatic carbocycles. The molecular weight excluding hydrogens is 206 g/mol. The van der Waals surface area contributed by atoms with Crippen LogP contribution in [-0.4, -0.2) is 16.5 Å². The van der Waals surface area contributed by atoms with E-state index < -0.39 is 10.2 Å². The Hall–Kier alpha value is -1.48. The van der Waals surface area contributed by atoms with Gasteiger partial charge in [0, 0.05) is 12.2 Å². The first-order valence-electron chi connectivity index (χ1n) is 3.77. The molecule has 0 spiro atoms. The molecule has 1 aliphatic carbocycles. The number of ether oxygens (including phenoxy) is 1. The Labute approximate surface area is 84.3 Å². The molecule has 0 aromatic heterocycles. The molecule has 14 heavy (non-hydrogen) atoms.